The fourth-order valence-corrected chi connectivity index (χ4v) is 8.72. The van der Waals surface area contributed by atoms with Crippen LogP contribution in [0, 0.1) is 6.92 Å². The van der Waals surface area contributed by atoms with E-state index in [1.54, 1.807) is 0 Å². The Morgan fingerprint density at radius 3 is 1.93 bits per heavy atom. The van der Waals surface area contributed by atoms with Crippen molar-refractivity contribution in [2.75, 3.05) is 4.90 Å². The molecule has 5 heteroatoms. The summed E-state index contributed by atoms with van der Waals surface area (Å²) < 4.78 is 4.79. The maximum absolute atomic E-state index is 5.23. The summed E-state index contributed by atoms with van der Waals surface area (Å²) in [6, 6.07) is 69.0. The number of pyridine rings is 2. The molecule has 5 nitrogen and oxygen atoms in total. The SMILES string of the molecule is Cc1cc(-n2c3cc(N(c4ccccc4)c4cccc(-c5ccccn5)c4)ccc3c3c2ccc2c4ccccc4n(-c4ccccc4)c23)ncc1-c1ccccc1. The van der Waals surface area contributed by atoms with E-state index in [0.29, 0.717) is 0 Å². The Labute approximate surface area is 336 Å². The van der Waals surface area contributed by atoms with Gasteiger partial charge in [0.15, 0.2) is 0 Å². The number of nitrogens with zero attached hydrogens (tertiary/aromatic N) is 5. The van der Waals surface area contributed by atoms with Crippen LogP contribution in [-0.4, -0.2) is 19.1 Å². The highest BCUT2D eigenvalue weighted by Gasteiger charge is 2.23. The van der Waals surface area contributed by atoms with Crippen LogP contribution in [0.2, 0.25) is 0 Å². The third-order valence-corrected chi connectivity index (χ3v) is 11.3. The third-order valence-electron chi connectivity index (χ3n) is 11.3. The molecule has 0 bridgehead atoms. The monoisotopic (exact) mass is 743 g/mol. The first-order valence-electron chi connectivity index (χ1n) is 19.7. The fourth-order valence-electron chi connectivity index (χ4n) is 8.72. The summed E-state index contributed by atoms with van der Waals surface area (Å²) in [5, 5.41) is 4.79. The van der Waals surface area contributed by atoms with E-state index in [0.717, 1.165) is 67.4 Å². The molecule has 4 aromatic heterocycles. The smallest absolute Gasteiger partial charge is 0.137 e. The van der Waals surface area contributed by atoms with E-state index in [9.17, 15) is 0 Å². The first-order valence-corrected chi connectivity index (χ1v) is 19.7. The highest BCUT2D eigenvalue weighted by Crippen LogP contribution is 2.44. The normalized spacial score (nSPS) is 11.5. The summed E-state index contributed by atoms with van der Waals surface area (Å²) in [7, 11) is 0. The van der Waals surface area contributed by atoms with E-state index in [4.69, 9.17) is 4.98 Å². The molecule has 0 aliphatic heterocycles. The van der Waals surface area contributed by atoms with Gasteiger partial charge in [0.05, 0.1) is 27.8 Å². The van der Waals surface area contributed by atoms with Crippen molar-refractivity contribution in [1.82, 2.24) is 19.1 Å². The Morgan fingerprint density at radius 1 is 0.448 bits per heavy atom. The second-order valence-corrected chi connectivity index (χ2v) is 14.7. The van der Waals surface area contributed by atoms with Gasteiger partial charge in [-0.3, -0.25) is 9.55 Å². The molecule has 0 saturated carbocycles. The number of hydrogen-bond acceptors (Lipinski definition) is 3. The molecule has 0 saturated heterocycles. The van der Waals surface area contributed by atoms with Crippen LogP contribution in [0.25, 0.3) is 77.5 Å². The molecule has 7 aromatic carbocycles. The number of para-hydroxylation sites is 3. The zero-order valence-corrected chi connectivity index (χ0v) is 31.9. The van der Waals surface area contributed by atoms with E-state index in [2.05, 4.69) is 208 Å². The molecule has 0 N–H and O–H groups in total. The molecule has 58 heavy (non-hydrogen) atoms. The molecule has 0 atom stereocenters. The van der Waals surface area contributed by atoms with E-state index in [1.165, 1.54) is 32.8 Å². The minimum absolute atomic E-state index is 0.875. The zero-order chi connectivity index (χ0) is 38.6. The van der Waals surface area contributed by atoms with Gasteiger partial charge in [-0.15, -0.1) is 0 Å². The summed E-state index contributed by atoms with van der Waals surface area (Å²) >= 11 is 0. The van der Waals surface area contributed by atoms with Crippen molar-refractivity contribution in [2.24, 2.45) is 0 Å². The molecule has 274 valence electrons. The standard InChI is InChI=1S/C53H37N5/c1-36-32-51(55-35-46(36)37-16-5-2-6-17-37)58-49-30-29-44-43-24-11-12-26-48(43)57(40-21-9-4-10-22-40)53(44)52(49)45-28-27-42(34-50(45)58)56(39-19-7-3-8-20-39)41-23-15-18-38(33-41)47-25-13-14-31-54-47/h2-35H,1H3. The van der Waals surface area contributed by atoms with E-state index >= 15 is 0 Å². The number of rotatable bonds is 7. The van der Waals surface area contributed by atoms with Crippen molar-refractivity contribution in [1.29, 1.82) is 0 Å². The first-order chi connectivity index (χ1) is 28.7. The lowest BCUT2D eigenvalue weighted by atomic mass is 10.0. The molecule has 0 radical (unpaired) electrons. The summed E-state index contributed by atoms with van der Waals surface area (Å²) in [6.45, 7) is 2.18. The second kappa shape index (κ2) is 13.8. The Bertz CT molecular complexity index is 3280. The van der Waals surface area contributed by atoms with Crippen molar-refractivity contribution in [3.05, 3.63) is 212 Å². The number of aromatic nitrogens is 4. The molecular weight excluding hydrogens is 707 g/mol. The Kier molecular flexibility index (Phi) is 7.97. The molecule has 0 amide bonds. The minimum Gasteiger partial charge on any atom is -0.310 e. The van der Waals surface area contributed by atoms with Crippen LogP contribution >= 0.6 is 0 Å². The van der Waals surface area contributed by atoms with Crippen LogP contribution in [0.15, 0.2) is 207 Å². The average molecular weight is 744 g/mol. The van der Waals surface area contributed by atoms with Crippen molar-refractivity contribution in [3.8, 4) is 33.9 Å². The van der Waals surface area contributed by atoms with Crippen LogP contribution in [-0.2, 0) is 0 Å². The number of fused-ring (bicyclic) bond motifs is 7. The topological polar surface area (TPSA) is 38.9 Å². The Morgan fingerprint density at radius 2 is 1.14 bits per heavy atom. The summed E-state index contributed by atoms with van der Waals surface area (Å²) in [5.74, 6) is 0.875. The Balaban J connectivity index is 1.22. The van der Waals surface area contributed by atoms with Crippen LogP contribution in [0.5, 0.6) is 0 Å². The van der Waals surface area contributed by atoms with Crippen LogP contribution in [0.4, 0.5) is 17.1 Å². The van der Waals surface area contributed by atoms with E-state index in [1.807, 2.05) is 24.5 Å². The number of anilines is 3. The van der Waals surface area contributed by atoms with Gasteiger partial charge in [-0.2, -0.15) is 0 Å². The van der Waals surface area contributed by atoms with Crippen LogP contribution < -0.4 is 4.90 Å². The average Bonchev–Trinajstić information content (AvgIpc) is 3.80. The van der Waals surface area contributed by atoms with Crippen molar-refractivity contribution < 1.29 is 0 Å². The lowest BCUT2D eigenvalue weighted by Crippen LogP contribution is -2.10. The largest absolute Gasteiger partial charge is 0.310 e. The molecular formula is C53H37N5. The van der Waals surface area contributed by atoms with Gasteiger partial charge in [0.1, 0.15) is 5.82 Å². The predicted molar refractivity (Wildman–Crippen MR) is 241 cm³/mol. The van der Waals surface area contributed by atoms with Crippen LogP contribution in [0.1, 0.15) is 5.56 Å². The predicted octanol–water partition coefficient (Wildman–Crippen LogP) is 13.8. The number of hydrogen-bond donors (Lipinski definition) is 0. The van der Waals surface area contributed by atoms with Gasteiger partial charge in [-0.05, 0) is 96.9 Å². The lowest BCUT2D eigenvalue weighted by Gasteiger charge is -2.26. The second-order valence-electron chi connectivity index (χ2n) is 14.7. The summed E-state index contributed by atoms with van der Waals surface area (Å²) in [4.78, 5) is 12.2. The summed E-state index contributed by atoms with van der Waals surface area (Å²) in [6.07, 6.45) is 3.88. The van der Waals surface area contributed by atoms with Crippen molar-refractivity contribution in [3.63, 3.8) is 0 Å². The molecule has 11 rings (SSSR count). The number of aryl methyl sites for hydroxylation is 1. The molecule has 0 unspecified atom stereocenters. The quantitative estimate of drug-likeness (QED) is 0.163. The molecule has 0 spiro atoms. The highest BCUT2D eigenvalue weighted by molar-refractivity contribution is 6.26. The van der Waals surface area contributed by atoms with Crippen molar-refractivity contribution >= 4 is 60.7 Å². The third kappa shape index (κ3) is 5.47. The van der Waals surface area contributed by atoms with Gasteiger partial charge < -0.3 is 9.47 Å². The van der Waals surface area contributed by atoms with Gasteiger partial charge in [0, 0.05) is 67.8 Å². The maximum Gasteiger partial charge on any atom is 0.137 e. The Hall–Kier alpha value is -7.76. The molecule has 0 aliphatic rings. The number of benzene rings is 7. The first kappa shape index (κ1) is 33.6. The van der Waals surface area contributed by atoms with Gasteiger partial charge in [0.2, 0.25) is 0 Å². The summed E-state index contributed by atoms with van der Waals surface area (Å²) in [5.41, 5.74) is 14.3. The van der Waals surface area contributed by atoms with Gasteiger partial charge in [-0.25, -0.2) is 4.98 Å². The molecule has 0 aliphatic carbocycles. The maximum atomic E-state index is 5.23. The molecule has 0 fully saturated rings. The minimum atomic E-state index is 0.875. The van der Waals surface area contributed by atoms with Gasteiger partial charge >= 0.3 is 0 Å². The van der Waals surface area contributed by atoms with Gasteiger partial charge in [0.25, 0.3) is 0 Å². The lowest BCUT2D eigenvalue weighted by molar-refractivity contribution is 1.07. The van der Waals surface area contributed by atoms with E-state index in [-0.39, 0.29) is 0 Å². The zero-order valence-electron chi connectivity index (χ0n) is 31.9. The fraction of sp³-hybridized carbons (Fsp3) is 0.0189. The highest BCUT2D eigenvalue weighted by atomic mass is 15.1. The molecule has 11 aromatic rings. The van der Waals surface area contributed by atoms with E-state index < -0.39 is 0 Å². The van der Waals surface area contributed by atoms with Crippen molar-refractivity contribution in [2.45, 2.75) is 6.92 Å². The van der Waals surface area contributed by atoms with Gasteiger partial charge in [-0.1, -0.05) is 115 Å². The molecule has 4 heterocycles. The van der Waals surface area contributed by atoms with Crippen LogP contribution in [0.3, 0.4) is 0 Å².